The Balaban J connectivity index is 2.04. The van der Waals surface area contributed by atoms with Gasteiger partial charge < -0.3 is 5.32 Å². The lowest BCUT2D eigenvalue weighted by Gasteiger charge is -2.11. The fourth-order valence-electron chi connectivity index (χ4n) is 3.24. The number of nitrogens with one attached hydrogen (secondary N) is 1. The molecule has 3 nitrogen and oxygen atoms in total. The van der Waals surface area contributed by atoms with Gasteiger partial charge >= 0.3 is 0 Å². The van der Waals surface area contributed by atoms with Crippen LogP contribution in [-0.4, -0.2) is 16.8 Å². The molecular formula is C17H23N3. The first kappa shape index (κ1) is 13.4. The number of rotatable bonds is 3. The molecule has 0 bridgehead atoms. The van der Waals surface area contributed by atoms with E-state index < -0.39 is 0 Å². The zero-order chi connectivity index (χ0) is 14.3. The third-order valence-electron chi connectivity index (χ3n) is 4.28. The highest BCUT2D eigenvalue weighted by Gasteiger charge is 2.22. The minimum atomic E-state index is 0.449. The molecule has 0 amide bonds. The summed E-state index contributed by atoms with van der Waals surface area (Å²) in [7, 11) is 4.05. The van der Waals surface area contributed by atoms with Crippen molar-refractivity contribution in [2.24, 2.45) is 7.05 Å². The Kier molecular flexibility index (Phi) is 3.38. The van der Waals surface area contributed by atoms with Gasteiger partial charge in [0.1, 0.15) is 0 Å². The van der Waals surface area contributed by atoms with Crippen molar-refractivity contribution in [3.63, 3.8) is 0 Å². The van der Waals surface area contributed by atoms with Crippen LogP contribution in [0.1, 0.15) is 49.0 Å². The van der Waals surface area contributed by atoms with E-state index in [0.717, 1.165) is 0 Å². The van der Waals surface area contributed by atoms with Crippen molar-refractivity contribution in [2.75, 3.05) is 7.05 Å². The lowest BCUT2D eigenvalue weighted by Crippen LogP contribution is -2.12. The van der Waals surface area contributed by atoms with Gasteiger partial charge in [-0.15, -0.1) is 0 Å². The van der Waals surface area contributed by atoms with E-state index in [-0.39, 0.29) is 0 Å². The third kappa shape index (κ3) is 2.16. The topological polar surface area (TPSA) is 29.9 Å². The molecule has 3 heteroatoms. The monoisotopic (exact) mass is 269 g/mol. The average molecular weight is 269 g/mol. The number of fused-ring (bicyclic) bond motifs is 1. The zero-order valence-electron chi connectivity index (χ0n) is 12.8. The molecule has 0 spiro atoms. The maximum atomic E-state index is 4.62. The minimum absolute atomic E-state index is 0.449. The van der Waals surface area contributed by atoms with Crippen LogP contribution >= 0.6 is 0 Å². The molecule has 106 valence electrons. The van der Waals surface area contributed by atoms with Gasteiger partial charge in [0.25, 0.3) is 0 Å². The van der Waals surface area contributed by atoms with Crippen LogP contribution in [0.25, 0.3) is 11.1 Å². The van der Waals surface area contributed by atoms with E-state index in [0.29, 0.717) is 12.0 Å². The molecule has 0 fully saturated rings. The van der Waals surface area contributed by atoms with Crippen molar-refractivity contribution in [3.05, 3.63) is 41.2 Å². The molecule has 1 aromatic carbocycles. The molecule has 1 aliphatic carbocycles. The Morgan fingerprint density at radius 1 is 1.35 bits per heavy atom. The van der Waals surface area contributed by atoms with E-state index in [4.69, 9.17) is 0 Å². The molecule has 1 aromatic heterocycles. The van der Waals surface area contributed by atoms with Gasteiger partial charge in [-0.1, -0.05) is 32.0 Å². The summed E-state index contributed by atoms with van der Waals surface area (Å²) in [5.41, 5.74) is 6.72. The molecule has 3 rings (SSSR count). The summed E-state index contributed by atoms with van der Waals surface area (Å²) >= 11 is 0. The van der Waals surface area contributed by atoms with Crippen LogP contribution in [0.5, 0.6) is 0 Å². The number of hydrogen-bond donors (Lipinski definition) is 1. The Bertz CT molecular complexity index is 625. The standard InChI is InChI=1S/C17H23N3/c1-11(2)17-15(10-20(4)19-17)13-5-7-14-12(9-13)6-8-16(14)18-3/h5,7,9-11,16,18H,6,8H2,1-4H3. The fourth-order valence-corrected chi connectivity index (χ4v) is 3.24. The van der Waals surface area contributed by atoms with Gasteiger partial charge in [-0.2, -0.15) is 5.10 Å². The van der Waals surface area contributed by atoms with E-state index in [1.165, 1.54) is 40.8 Å². The summed E-state index contributed by atoms with van der Waals surface area (Å²) in [6.45, 7) is 4.41. The highest BCUT2D eigenvalue weighted by atomic mass is 15.3. The summed E-state index contributed by atoms with van der Waals surface area (Å²) in [6.07, 6.45) is 4.52. The van der Waals surface area contributed by atoms with Gasteiger partial charge in [0.15, 0.2) is 0 Å². The molecule has 2 aromatic rings. The Morgan fingerprint density at radius 2 is 2.15 bits per heavy atom. The van der Waals surface area contributed by atoms with Gasteiger partial charge in [-0.05, 0) is 42.5 Å². The second-order valence-corrected chi connectivity index (χ2v) is 6.05. The minimum Gasteiger partial charge on any atom is -0.313 e. The maximum Gasteiger partial charge on any atom is 0.0728 e. The van der Waals surface area contributed by atoms with E-state index in [1.807, 2.05) is 18.8 Å². The lowest BCUT2D eigenvalue weighted by atomic mass is 9.97. The molecule has 1 aliphatic rings. The highest BCUT2D eigenvalue weighted by molar-refractivity contribution is 5.67. The van der Waals surface area contributed by atoms with Crippen molar-refractivity contribution >= 4 is 0 Å². The molecular weight excluding hydrogens is 246 g/mol. The summed E-state index contributed by atoms with van der Waals surface area (Å²) in [6, 6.07) is 7.42. The molecule has 0 radical (unpaired) electrons. The van der Waals surface area contributed by atoms with Crippen LogP contribution < -0.4 is 5.32 Å². The zero-order valence-corrected chi connectivity index (χ0v) is 12.8. The second kappa shape index (κ2) is 5.06. The first-order valence-corrected chi connectivity index (χ1v) is 7.44. The Hall–Kier alpha value is -1.61. The number of nitrogens with zero attached hydrogens (tertiary/aromatic N) is 2. The number of aryl methyl sites for hydroxylation is 2. The quantitative estimate of drug-likeness (QED) is 0.925. The van der Waals surface area contributed by atoms with E-state index in [2.05, 4.69) is 48.7 Å². The van der Waals surface area contributed by atoms with Crippen LogP contribution in [0.2, 0.25) is 0 Å². The molecule has 1 heterocycles. The third-order valence-corrected chi connectivity index (χ3v) is 4.28. The Labute approximate surface area is 121 Å². The smallest absolute Gasteiger partial charge is 0.0728 e. The fraction of sp³-hybridized carbons (Fsp3) is 0.471. The first-order chi connectivity index (χ1) is 9.60. The van der Waals surface area contributed by atoms with Crippen molar-refractivity contribution in [3.8, 4) is 11.1 Å². The van der Waals surface area contributed by atoms with Crippen molar-refractivity contribution in [2.45, 2.75) is 38.6 Å². The van der Waals surface area contributed by atoms with E-state index in [1.54, 1.807) is 0 Å². The summed E-state index contributed by atoms with van der Waals surface area (Å²) in [5, 5.41) is 8.01. The average Bonchev–Trinajstić information content (AvgIpc) is 3.01. The van der Waals surface area contributed by atoms with Gasteiger partial charge in [0.05, 0.1) is 5.69 Å². The van der Waals surface area contributed by atoms with E-state index in [9.17, 15) is 0 Å². The number of aromatic nitrogens is 2. The number of hydrogen-bond acceptors (Lipinski definition) is 2. The van der Waals surface area contributed by atoms with Crippen LogP contribution in [0.15, 0.2) is 24.4 Å². The SMILES string of the molecule is CNC1CCc2cc(-c3cn(C)nc3C(C)C)ccc21. The van der Waals surface area contributed by atoms with Crippen LogP contribution in [0.3, 0.4) is 0 Å². The summed E-state index contributed by atoms with van der Waals surface area (Å²) in [5.74, 6) is 0.449. The molecule has 1 N–H and O–H groups in total. The number of benzene rings is 1. The van der Waals surface area contributed by atoms with Crippen molar-refractivity contribution < 1.29 is 0 Å². The predicted molar refractivity (Wildman–Crippen MR) is 82.9 cm³/mol. The summed E-state index contributed by atoms with van der Waals surface area (Å²) < 4.78 is 1.92. The lowest BCUT2D eigenvalue weighted by molar-refractivity contribution is 0.590. The van der Waals surface area contributed by atoms with Gasteiger partial charge in [-0.25, -0.2) is 0 Å². The summed E-state index contributed by atoms with van der Waals surface area (Å²) in [4.78, 5) is 0. The van der Waals surface area contributed by atoms with Crippen molar-refractivity contribution in [1.29, 1.82) is 0 Å². The Morgan fingerprint density at radius 3 is 2.85 bits per heavy atom. The molecule has 0 aliphatic heterocycles. The maximum absolute atomic E-state index is 4.62. The van der Waals surface area contributed by atoms with E-state index >= 15 is 0 Å². The molecule has 1 atom stereocenters. The van der Waals surface area contributed by atoms with Crippen LogP contribution in [0, 0.1) is 0 Å². The molecule has 0 saturated heterocycles. The second-order valence-electron chi connectivity index (χ2n) is 6.05. The van der Waals surface area contributed by atoms with Crippen molar-refractivity contribution in [1.82, 2.24) is 15.1 Å². The first-order valence-electron chi connectivity index (χ1n) is 7.44. The molecule has 0 saturated carbocycles. The van der Waals surface area contributed by atoms with Gasteiger partial charge in [0.2, 0.25) is 0 Å². The largest absolute Gasteiger partial charge is 0.313 e. The molecule has 1 unspecified atom stereocenters. The van der Waals surface area contributed by atoms with Crippen LogP contribution in [0.4, 0.5) is 0 Å². The highest BCUT2D eigenvalue weighted by Crippen LogP contribution is 2.35. The van der Waals surface area contributed by atoms with Crippen LogP contribution in [-0.2, 0) is 13.5 Å². The van der Waals surface area contributed by atoms with Gasteiger partial charge in [-0.3, -0.25) is 4.68 Å². The molecule has 20 heavy (non-hydrogen) atoms. The van der Waals surface area contributed by atoms with Gasteiger partial charge in [0, 0.05) is 24.8 Å². The normalized spacial score (nSPS) is 17.8. The predicted octanol–water partition coefficient (Wildman–Crippen LogP) is 3.42.